The lowest BCUT2D eigenvalue weighted by Gasteiger charge is -2.32. The Morgan fingerprint density at radius 2 is 1.81 bits per heavy atom. The fourth-order valence-electron chi connectivity index (χ4n) is 3.55. The first kappa shape index (κ1) is 16.4. The molecular formula is C21H21N3O2. The van der Waals surface area contributed by atoms with Crippen LogP contribution in [-0.4, -0.2) is 17.6 Å². The highest BCUT2D eigenvalue weighted by atomic mass is 16.5. The van der Waals surface area contributed by atoms with Crippen molar-refractivity contribution in [1.82, 2.24) is 5.16 Å². The molecule has 1 amide bonds. The molecule has 26 heavy (non-hydrogen) atoms. The van der Waals surface area contributed by atoms with Gasteiger partial charge in [-0.2, -0.15) is 0 Å². The maximum Gasteiger partial charge on any atom is 0.261 e. The van der Waals surface area contributed by atoms with Crippen LogP contribution in [-0.2, 0) is 13.0 Å². The molecule has 1 N–H and O–H groups in total. The Bertz CT molecular complexity index is 942. The van der Waals surface area contributed by atoms with Crippen LogP contribution >= 0.6 is 0 Å². The predicted molar refractivity (Wildman–Crippen MR) is 102 cm³/mol. The third-order valence-electron chi connectivity index (χ3n) is 4.88. The van der Waals surface area contributed by atoms with Gasteiger partial charge in [-0.05, 0) is 43.5 Å². The second kappa shape index (κ2) is 6.67. The molecule has 2 heterocycles. The molecule has 1 aliphatic rings. The van der Waals surface area contributed by atoms with E-state index in [-0.39, 0.29) is 5.91 Å². The lowest BCUT2D eigenvalue weighted by Crippen LogP contribution is -2.31. The number of nitrogens with zero attached hydrogens (tertiary/aromatic N) is 2. The van der Waals surface area contributed by atoms with Crippen LogP contribution in [0.2, 0.25) is 0 Å². The fourth-order valence-corrected chi connectivity index (χ4v) is 3.55. The van der Waals surface area contributed by atoms with Gasteiger partial charge in [-0.1, -0.05) is 41.6 Å². The summed E-state index contributed by atoms with van der Waals surface area (Å²) in [5.74, 6) is 0.343. The number of anilines is 2. The Labute approximate surface area is 152 Å². The summed E-state index contributed by atoms with van der Waals surface area (Å²) in [6, 6.07) is 16.5. The van der Waals surface area contributed by atoms with Gasteiger partial charge < -0.3 is 14.7 Å². The van der Waals surface area contributed by atoms with Crippen LogP contribution in [0.3, 0.4) is 0 Å². The number of amides is 1. The Hall–Kier alpha value is -3.08. The van der Waals surface area contributed by atoms with E-state index in [1.807, 2.05) is 18.2 Å². The van der Waals surface area contributed by atoms with Crippen LogP contribution in [0.25, 0.3) is 0 Å². The van der Waals surface area contributed by atoms with Gasteiger partial charge in [0.1, 0.15) is 11.3 Å². The summed E-state index contributed by atoms with van der Waals surface area (Å²) in [5, 5.41) is 6.91. The molecule has 0 atom stereocenters. The summed E-state index contributed by atoms with van der Waals surface area (Å²) in [7, 11) is 0. The highest BCUT2D eigenvalue weighted by molar-refractivity contribution is 6.07. The number of aryl methyl sites for hydroxylation is 2. The van der Waals surface area contributed by atoms with Gasteiger partial charge in [0.25, 0.3) is 5.91 Å². The number of fused-ring (bicyclic) bond motifs is 1. The number of hydrogen-bond acceptors (Lipinski definition) is 4. The number of rotatable bonds is 3. The largest absolute Gasteiger partial charge is 0.365 e. The standard InChI is InChI=1S/C21H21N3O2/c1-14-20(15(2)26-23-14)21(25)22-18-9-5-6-10-19(18)24-12-11-16-7-3-4-8-17(16)13-24/h3-10H,11-13H2,1-2H3,(H,22,25). The molecule has 132 valence electrons. The Morgan fingerprint density at radius 1 is 1.08 bits per heavy atom. The molecule has 1 aromatic heterocycles. The van der Waals surface area contributed by atoms with E-state index in [2.05, 4.69) is 45.7 Å². The molecule has 5 heteroatoms. The van der Waals surface area contributed by atoms with E-state index in [1.54, 1.807) is 13.8 Å². The Kier molecular flexibility index (Phi) is 4.21. The first-order valence-electron chi connectivity index (χ1n) is 8.78. The van der Waals surface area contributed by atoms with Gasteiger partial charge in [0.15, 0.2) is 0 Å². The lowest BCUT2D eigenvalue weighted by atomic mass is 9.99. The zero-order valence-electron chi connectivity index (χ0n) is 15.0. The minimum atomic E-state index is -0.189. The van der Waals surface area contributed by atoms with Gasteiger partial charge in [-0.25, -0.2) is 0 Å². The SMILES string of the molecule is Cc1noc(C)c1C(=O)Nc1ccccc1N1CCc2ccccc2C1. The molecule has 0 saturated heterocycles. The van der Waals surface area contributed by atoms with Crippen molar-refractivity contribution in [1.29, 1.82) is 0 Å². The monoisotopic (exact) mass is 347 g/mol. The maximum absolute atomic E-state index is 12.7. The molecular weight excluding hydrogens is 326 g/mol. The predicted octanol–water partition coefficient (Wildman–Crippen LogP) is 4.11. The smallest absolute Gasteiger partial charge is 0.261 e. The Balaban J connectivity index is 1.61. The number of nitrogens with one attached hydrogen (secondary N) is 1. The zero-order valence-corrected chi connectivity index (χ0v) is 15.0. The molecule has 0 bridgehead atoms. The maximum atomic E-state index is 12.7. The van der Waals surface area contributed by atoms with E-state index in [0.29, 0.717) is 17.0 Å². The molecule has 0 aliphatic carbocycles. The first-order chi connectivity index (χ1) is 12.6. The third-order valence-corrected chi connectivity index (χ3v) is 4.88. The van der Waals surface area contributed by atoms with E-state index in [4.69, 9.17) is 4.52 Å². The van der Waals surface area contributed by atoms with Gasteiger partial charge >= 0.3 is 0 Å². The average molecular weight is 347 g/mol. The molecule has 2 aromatic carbocycles. The van der Waals surface area contributed by atoms with Crippen LogP contribution in [0.5, 0.6) is 0 Å². The average Bonchev–Trinajstić information content (AvgIpc) is 3.00. The minimum Gasteiger partial charge on any atom is -0.365 e. The molecule has 1 aliphatic heterocycles. The van der Waals surface area contributed by atoms with Crippen molar-refractivity contribution >= 4 is 17.3 Å². The van der Waals surface area contributed by atoms with Gasteiger partial charge in [-0.15, -0.1) is 0 Å². The highest BCUT2D eigenvalue weighted by Crippen LogP contribution is 2.31. The second-order valence-corrected chi connectivity index (χ2v) is 6.61. The molecule has 3 aromatic rings. The number of carbonyl (C=O) groups excluding carboxylic acids is 1. The summed E-state index contributed by atoms with van der Waals surface area (Å²) in [4.78, 5) is 15.0. The van der Waals surface area contributed by atoms with Crippen molar-refractivity contribution in [2.75, 3.05) is 16.8 Å². The minimum absolute atomic E-state index is 0.189. The fraction of sp³-hybridized carbons (Fsp3) is 0.238. The van der Waals surface area contributed by atoms with E-state index in [1.165, 1.54) is 11.1 Å². The third kappa shape index (κ3) is 2.96. The van der Waals surface area contributed by atoms with Crippen LogP contribution in [0.4, 0.5) is 11.4 Å². The topological polar surface area (TPSA) is 58.4 Å². The molecule has 0 spiro atoms. The van der Waals surface area contributed by atoms with Gasteiger partial charge in [-0.3, -0.25) is 4.79 Å². The van der Waals surface area contributed by atoms with Crippen LogP contribution in [0.1, 0.15) is 32.9 Å². The number of carbonyl (C=O) groups is 1. The van der Waals surface area contributed by atoms with Crippen molar-refractivity contribution in [3.05, 3.63) is 76.7 Å². The highest BCUT2D eigenvalue weighted by Gasteiger charge is 2.21. The quantitative estimate of drug-likeness (QED) is 0.775. The molecule has 0 unspecified atom stereocenters. The first-order valence-corrected chi connectivity index (χ1v) is 8.78. The second-order valence-electron chi connectivity index (χ2n) is 6.61. The molecule has 0 saturated carbocycles. The van der Waals surface area contributed by atoms with Crippen LogP contribution < -0.4 is 10.2 Å². The molecule has 5 nitrogen and oxygen atoms in total. The number of para-hydroxylation sites is 2. The lowest BCUT2D eigenvalue weighted by molar-refractivity contribution is 0.102. The van der Waals surface area contributed by atoms with Crippen molar-refractivity contribution < 1.29 is 9.32 Å². The summed E-state index contributed by atoms with van der Waals surface area (Å²) < 4.78 is 5.12. The van der Waals surface area contributed by atoms with Crippen molar-refractivity contribution in [2.45, 2.75) is 26.8 Å². The number of hydrogen-bond donors (Lipinski definition) is 1. The molecule has 4 rings (SSSR count). The molecule has 0 fully saturated rings. The van der Waals surface area contributed by atoms with Crippen LogP contribution in [0.15, 0.2) is 53.1 Å². The van der Waals surface area contributed by atoms with Crippen LogP contribution in [0, 0.1) is 13.8 Å². The summed E-state index contributed by atoms with van der Waals surface area (Å²) >= 11 is 0. The summed E-state index contributed by atoms with van der Waals surface area (Å²) in [6.07, 6.45) is 1.00. The van der Waals surface area contributed by atoms with Crippen molar-refractivity contribution in [2.24, 2.45) is 0 Å². The van der Waals surface area contributed by atoms with Crippen molar-refractivity contribution in [3.8, 4) is 0 Å². The summed E-state index contributed by atoms with van der Waals surface area (Å²) in [5.41, 5.74) is 5.68. The number of benzene rings is 2. The van der Waals surface area contributed by atoms with Gasteiger partial charge in [0.2, 0.25) is 0 Å². The van der Waals surface area contributed by atoms with E-state index in [9.17, 15) is 4.79 Å². The van der Waals surface area contributed by atoms with E-state index in [0.717, 1.165) is 30.9 Å². The van der Waals surface area contributed by atoms with Gasteiger partial charge in [0.05, 0.1) is 17.1 Å². The molecule has 0 radical (unpaired) electrons. The van der Waals surface area contributed by atoms with E-state index < -0.39 is 0 Å². The van der Waals surface area contributed by atoms with Crippen molar-refractivity contribution in [3.63, 3.8) is 0 Å². The summed E-state index contributed by atoms with van der Waals surface area (Å²) in [6.45, 7) is 5.30. The normalized spacial score (nSPS) is 13.4. The van der Waals surface area contributed by atoms with E-state index >= 15 is 0 Å². The number of aromatic nitrogens is 1. The Morgan fingerprint density at radius 3 is 2.58 bits per heavy atom. The zero-order chi connectivity index (χ0) is 18.1. The van der Waals surface area contributed by atoms with Gasteiger partial charge in [0, 0.05) is 13.1 Å².